The summed E-state index contributed by atoms with van der Waals surface area (Å²) in [7, 11) is 0. The van der Waals surface area contributed by atoms with Gasteiger partial charge in [0, 0.05) is 23.4 Å². The Bertz CT molecular complexity index is 1300. The smallest absolute Gasteiger partial charge is 0.238 e. The van der Waals surface area contributed by atoms with Gasteiger partial charge in [0.15, 0.2) is 0 Å². The van der Waals surface area contributed by atoms with Gasteiger partial charge in [-0.15, -0.1) is 0 Å². The molecule has 4 aliphatic rings. The topological polar surface area (TPSA) is 50.3 Å². The lowest BCUT2D eigenvalue weighted by Crippen LogP contribution is -2.41. The Labute approximate surface area is 179 Å². The van der Waals surface area contributed by atoms with Crippen LogP contribution >= 0.6 is 0 Å². The zero-order chi connectivity index (χ0) is 20.7. The molecule has 1 aromatic heterocycles. The molecule has 0 spiro atoms. The number of fused-ring (bicyclic) bond motifs is 1. The summed E-state index contributed by atoms with van der Waals surface area (Å²) in [4.78, 5) is 33.6. The van der Waals surface area contributed by atoms with Crippen LogP contribution in [0.5, 0.6) is 0 Å². The van der Waals surface area contributed by atoms with E-state index in [9.17, 15) is 9.59 Å². The van der Waals surface area contributed by atoms with Gasteiger partial charge in [-0.05, 0) is 46.5 Å². The molecule has 4 heteroatoms. The number of benzene rings is 3. The number of anilines is 1. The van der Waals surface area contributed by atoms with Gasteiger partial charge in [0.2, 0.25) is 11.8 Å². The van der Waals surface area contributed by atoms with Crippen LogP contribution in [0.15, 0.2) is 85.1 Å². The monoisotopic (exact) mass is 402 g/mol. The number of imide groups is 1. The van der Waals surface area contributed by atoms with Gasteiger partial charge in [-0.3, -0.25) is 14.6 Å². The number of aromatic nitrogens is 1. The number of nitrogens with zero attached hydrogens (tertiary/aromatic N) is 2. The average molecular weight is 402 g/mol. The molecular formula is C27H18N2O2. The second kappa shape index (κ2) is 5.88. The SMILES string of the molecule is O=C1[C@H]2C3c4ccccc4C(c4ccccc43)[C@@H]2C(=O)N1c1cccc2ncccc12. The maximum atomic E-state index is 13.9. The van der Waals surface area contributed by atoms with Crippen LogP contribution in [-0.2, 0) is 9.59 Å². The van der Waals surface area contributed by atoms with Crippen molar-refractivity contribution in [2.45, 2.75) is 11.8 Å². The van der Waals surface area contributed by atoms with E-state index in [1.54, 1.807) is 6.20 Å². The largest absolute Gasteiger partial charge is 0.274 e. The normalized spacial score (nSPS) is 25.5. The Kier molecular flexibility index (Phi) is 3.22. The van der Waals surface area contributed by atoms with E-state index in [1.807, 2.05) is 54.6 Å². The molecule has 31 heavy (non-hydrogen) atoms. The number of hydrogen-bond donors (Lipinski definition) is 0. The van der Waals surface area contributed by atoms with Crippen molar-refractivity contribution in [2.24, 2.45) is 11.8 Å². The number of amides is 2. The Hall–Kier alpha value is -3.79. The zero-order valence-corrected chi connectivity index (χ0v) is 16.6. The van der Waals surface area contributed by atoms with Gasteiger partial charge < -0.3 is 0 Å². The molecule has 0 saturated carbocycles. The minimum Gasteiger partial charge on any atom is -0.274 e. The third-order valence-electron chi connectivity index (χ3n) is 7.31. The highest BCUT2D eigenvalue weighted by atomic mass is 16.2. The van der Waals surface area contributed by atoms with Crippen LogP contribution in [0.4, 0.5) is 5.69 Å². The van der Waals surface area contributed by atoms with Crippen LogP contribution in [0.3, 0.4) is 0 Å². The van der Waals surface area contributed by atoms with Gasteiger partial charge in [0.05, 0.1) is 23.0 Å². The Balaban J connectivity index is 1.47. The second-order valence-corrected chi connectivity index (χ2v) is 8.62. The fourth-order valence-corrected chi connectivity index (χ4v) is 6.20. The van der Waals surface area contributed by atoms with Gasteiger partial charge in [-0.2, -0.15) is 0 Å². The summed E-state index contributed by atoms with van der Waals surface area (Å²) in [5.74, 6) is -1.09. The first-order valence-electron chi connectivity index (χ1n) is 10.6. The number of rotatable bonds is 1. The van der Waals surface area contributed by atoms with Crippen LogP contribution in [0.1, 0.15) is 34.1 Å². The minimum atomic E-state index is -0.366. The maximum Gasteiger partial charge on any atom is 0.238 e. The summed E-state index contributed by atoms with van der Waals surface area (Å²) in [6, 6.07) is 26.1. The zero-order valence-electron chi connectivity index (χ0n) is 16.6. The van der Waals surface area contributed by atoms with E-state index in [-0.39, 0.29) is 35.5 Å². The van der Waals surface area contributed by atoms with Gasteiger partial charge in [0.1, 0.15) is 0 Å². The van der Waals surface area contributed by atoms with Crippen molar-refractivity contribution in [2.75, 3.05) is 4.90 Å². The molecule has 148 valence electrons. The van der Waals surface area contributed by atoms with Crippen molar-refractivity contribution in [1.29, 1.82) is 0 Å². The summed E-state index contributed by atoms with van der Waals surface area (Å²) < 4.78 is 0. The fourth-order valence-electron chi connectivity index (χ4n) is 6.20. The van der Waals surface area contributed by atoms with Crippen LogP contribution in [-0.4, -0.2) is 16.8 Å². The van der Waals surface area contributed by atoms with E-state index in [1.165, 1.54) is 27.2 Å². The third kappa shape index (κ3) is 2.02. The summed E-state index contributed by atoms with van der Waals surface area (Å²) in [5, 5.41) is 0.827. The number of carbonyl (C=O) groups excluding carboxylic acids is 2. The van der Waals surface area contributed by atoms with E-state index in [4.69, 9.17) is 0 Å². The predicted molar refractivity (Wildman–Crippen MR) is 118 cm³/mol. The van der Waals surface area contributed by atoms with Crippen LogP contribution in [0.25, 0.3) is 10.9 Å². The summed E-state index contributed by atoms with van der Waals surface area (Å²) in [5.41, 5.74) is 6.18. The predicted octanol–water partition coefficient (Wildman–Crippen LogP) is 4.63. The number of hydrogen-bond acceptors (Lipinski definition) is 3. The van der Waals surface area contributed by atoms with Crippen molar-refractivity contribution in [3.05, 3.63) is 107 Å². The van der Waals surface area contributed by atoms with Crippen molar-refractivity contribution in [3.63, 3.8) is 0 Å². The molecule has 0 radical (unpaired) electrons. The van der Waals surface area contributed by atoms with Crippen LogP contribution in [0.2, 0.25) is 0 Å². The van der Waals surface area contributed by atoms with E-state index in [0.717, 1.165) is 10.9 Å². The summed E-state index contributed by atoms with van der Waals surface area (Å²) >= 11 is 0. The quantitative estimate of drug-likeness (QED) is 0.436. The highest BCUT2D eigenvalue weighted by Crippen LogP contribution is 2.61. The number of carbonyl (C=O) groups is 2. The Morgan fingerprint density at radius 3 is 1.71 bits per heavy atom. The van der Waals surface area contributed by atoms with Crippen molar-refractivity contribution < 1.29 is 9.59 Å². The highest BCUT2D eigenvalue weighted by Gasteiger charge is 2.61. The van der Waals surface area contributed by atoms with Gasteiger partial charge in [-0.1, -0.05) is 54.6 Å². The standard InChI is InChI=1S/C27H18N2O2/c30-26-24-22-15-7-1-2-8-16(15)23(18-10-4-3-9-17(18)22)25(24)27(31)29(26)21-13-5-12-20-19(21)11-6-14-28-20/h1-14,22-25H/t22?,23?,24-,25-/m0/s1. The molecule has 1 fully saturated rings. The summed E-state index contributed by atoms with van der Waals surface area (Å²) in [6.45, 7) is 0. The Morgan fingerprint density at radius 1 is 0.613 bits per heavy atom. The molecule has 8 rings (SSSR count). The first-order valence-corrected chi connectivity index (χ1v) is 10.6. The molecule has 2 amide bonds. The van der Waals surface area contributed by atoms with Crippen molar-refractivity contribution >= 4 is 28.4 Å². The number of pyridine rings is 1. The van der Waals surface area contributed by atoms with Gasteiger partial charge in [-0.25, -0.2) is 4.90 Å². The van der Waals surface area contributed by atoms with E-state index in [0.29, 0.717) is 5.69 Å². The third-order valence-corrected chi connectivity index (χ3v) is 7.31. The lowest BCUT2D eigenvalue weighted by molar-refractivity contribution is -0.122. The first kappa shape index (κ1) is 16.9. The average Bonchev–Trinajstić information content (AvgIpc) is 3.09. The van der Waals surface area contributed by atoms with Crippen LogP contribution in [0, 0.1) is 11.8 Å². The molecule has 0 N–H and O–H groups in total. The molecule has 1 aliphatic heterocycles. The lowest BCUT2D eigenvalue weighted by atomic mass is 9.55. The molecule has 1 saturated heterocycles. The molecule has 4 nitrogen and oxygen atoms in total. The minimum absolute atomic E-state index is 0.0862. The molecular weight excluding hydrogens is 384 g/mol. The van der Waals surface area contributed by atoms with E-state index in [2.05, 4.69) is 29.2 Å². The molecule has 4 aromatic rings. The molecule has 0 unspecified atom stereocenters. The van der Waals surface area contributed by atoms with Gasteiger partial charge >= 0.3 is 0 Å². The molecule has 2 heterocycles. The van der Waals surface area contributed by atoms with E-state index >= 15 is 0 Å². The lowest BCUT2D eigenvalue weighted by Gasteiger charge is -2.45. The van der Waals surface area contributed by atoms with E-state index < -0.39 is 0 Å². The molecule has 3 aromatic carbocycles. The molecule has 2 bridgehead atoms. The molecule has 2 atom stereocenters. The van der Waals surface area contributed by atoms with Crippen molar-refractivity contribution in [1.82, 2.24) is 4.98 Å². The first-order chi connectivity index (χ1) is 15.3. The van der Waals surface area contributed by atoms with Crippen LogP contribution < -0.4 is 4.90 Å². The Morgan fingerprint density at radius 2 is 1.16 bits per heavy atom. The van der Waals surface area contributed by atoms with Crippen molar-refractivity contribution in [3.8, 4) is 0 Å². The maximum absolute atomic E-state index is 13.9. The fraction of sp³-hybridized carbons (Fsp3) is 0.148. The summed E-state index contributed by atoms with van der Waals surface area (Å²) in [6.07, 6.45) is 1.73. The second-order valence-electron chi connectivity index (χ2n) is 8.62. The molecule has 3 aliphatic carbocycles. The highest BCUT2D eigenvalue weighted by molar-refractivity contribution is 6.26. The van der Waals surface area contributed by atoms with Gasteiger partial charge in [0.25, 0.3) is 0 Å².